The molecule has 0 radical (unpaired) electrons. The summed E-state index contributed by atoms with van der Waals surface area (Å²) in [6.07, 6.45) is 1.79. The summed E-state index contributed by atoms with van der Waals surface area (Å²) in [6.45, 7) is 1.17. The second-order valence-electron chi connectivity index (χ2n) is 7.60. The van der Waals surface area contributed by atoms with Crippen LogP contribution in [-0.2, 0) is 16.1 Å². The Morgan fingerprint density at radius 1 is 1.03 bits per heavy atom. The fourth-order valence-corrected chi connectivity index (χ4v) is 4.73. The number of amidine groups is 1. The minimum atomic E-state index is -0.138. The van der Waals surface area contributed by atoms with Crippen molar-refractivity contribution in [3.8, 4) is 11.5 Å². The molecule has 1 saturated heterocycles. The number of rotatable bonds is 9. The van der Waals surface area contributed by atoms with Crippen LogP contribution in [-0.4, -0.2) is 43.3 Å². The Labute approximate surface area is 214 Å². The fourth-order valence-electron chi connectivity index (χ4n) is 3.43. The van der Waals surface area contributed by atoms with Crippen LogP contribution < -0.4 is 9.47 Å². The molecular formula is C27H25ClN2O4S. The average molecular weight is 509 g/mol. The second-order valence-corrected chi connectivity index (χ2v) is 9.01. The largest absolute Gasteiger partial charge is 0.493 e. The van der Waals surface area contributed by atoms with Crippen LogP contribution in [0.3, 0.4) is 0 Å². The van der Waals surface area contributed by atoms with Gasteiger partial charge in [-0.3, -0.25) is 9.69 Å². The van der Waals surface area contributed by atoms with Gasteiger partial charge in [-0.05, 0) is 53.2 Å². The third-order valence-electron chi connectivity index (χ3n) is 5.16. The molecule has 35 heavy (non-hydrogen) atoms. The van der Waals surface area contributed by atoms with Crippen LogP contribution in [0, 0.1) is 0 Å². The molecule has 0 aliphatic carbocycles. The Balaban J connectivity index is 1.60. The molecule has 180 valence electrons. The van der Waals surface area contributed by atoms with Gasteiger partial charge in [0.25, 0.3) is 5.91 Å². The topological polar surface area (TPSA) is 60.4 Å². The molecule has 1 aliphatic rings. The third kappa shape index (κ3) is 6.25. The number of hydrogen-bond acceptors (Lipinski definition) is 6. The number of carbonyl (C=O) groups excluding carboxylic acids is 1. The molecule has 4 rings (SSSR count). The van der Waals surface area contributed by atoms with E-state index in [2.05, 4.69) is 4.99 Å². The summed E-state index contributed by atoms with van der Waals surface area (Å²) in [7, 11) is 3.17. The van der Waals surface area contributed by atoms with Crippen molar-refractivity contribution in [3.63, 3.8) is 0 Å². The van der Waals surface area contributed by atoms with E-state index in [4.69, 9.17) is 25.8 Å². The van der Waals surface area contributed by atoms with Crippen molar-refractivity contribution in [3.05, 3.63) is 93.9 Å². The van der Waals surface area contributed by atoms with Gasteiger partial charge in [-0.25, -0.2) is 4.99 Å². The Kier molecular flexibility index (Phi) is 8.47. The van der Waals surface area contributed by atoms with Crippen LogP contribution in [0.25, 0.3) is 6.08 Å². The summed E-state index contributed by atoms with van der Waals surface area (Å²) < 4.78 is 16.7. The van der Waals surface area contributed by atoms with Gasteiger partial charge in [-0.2, -0.15) is 0 Å². The number of nitrogens with zero attached hydrogens (tertiary/aromatic N) is 2. The first-order chi connectivity index (χ1) is 17.1. The van der Waals surface area contributed by atoms with Crippen molar-refractivity contribution >= 4 is 46.2 Å². The van der Waals surface area contributed by atoms with Gasteiger partial charge in [-0.15, -0.1) is 0 Å². The van der Waals surface area contributed by atoms with Gasteiger partial charge in [0.15, 0.2) is 16.7 Å². The van der Waals surface area contributed by atoms with Crippen LogP contribution in [0.2, 0.25) is 5.02 Å². The summed E-state index contributed by atoms with van der Waals surface area (Å²) in [5, 5.41) is 1.00. The van der Waals surface area contributed by atoms with Gasteiger partial charge >= 0.3 is 0 Å². The normalized spacial score (nSPS) is 15.7. The highest BCUT2D eigenvalue weighted by molar-refractivity contribution is 8.18. The number of amides is 1. The number of hydrogen-bond donors (Lipinski definition) is 0. The number of thioether (sulfide) groups is 1. The van der Waals surface area contributed by atoms with Gasteiger partial charge in [0, 0.05) is 7.11 Å². The Bertz CT molecular complexity index is 1230. The molecule has 3 aromatic rings. The van der Waals surface area contributed by atoms with Gasteiger partial charge in [0.05, 0.1) is 35.9 Å². The molecule has 6 nitrogen and oxygen atoms in total. The maximum atomic E-state index is 13.2. The number of methoxy groups -OCH3 is 2. The van der Waals surface area contributed by atoms with Gasteiger partial charge < -0.3 is 14.2 Å². The molecular weight excluding hydrogens is 484 g/mol. The van der Waals surface area contributed by atoms with Crippen molar-refractivity contribution in [1.29, 1.82) is 0 Å². The molecule has 0 bridgehead atoms. The standard InChI is InChI=1S/C27H25ClN2O4S/c1-32-14-13-30-26(31)24(35-27(30)29-21-11-7-4-8-12-21)17-20-15-22(28)25(23(16-20)33-2)34-18-19-9-5-3-6-10-19/h3-12,15-17H,13-14,18H2,1-2H3/b24-17+,29-27?. The number of para-hydroxylation sites is 1. The summed E-state index contributed by atoms with van der Waals surface area (Å²) in [6, 6.07) is 22.9. The first-order valence-electron chi connectivity index (χ1n) is 11.0. The lowest BCUT2D eigenvalue weighted by Gasteiger charge is -2.14. The molecule has 0 unspecified atom stereocenters. The van der Waals surface area contributed by atoms with Gasteiger partial charge in [0.1, 0.15) is 6.61 Å². The molecule has 0 aromatic heterocycles. The van der Waals surface area contributed by atoms with Crippen LogP contribution in [0.15, 0.2) is 82.7 Å². The van der Waals surface area contributed by atoms with Gasteiger partial charge in [-0.1, -0.05) is 60.1 Å². The molecule has 1 aliphatic heterocycles. The van der Waals surface area contributed by atoms with E-state index < -0.39 is 0 Å². The zero-order valence-corrected chi connectivity index (χ0v) is 21.0. The highest BCUT2D eigenvalue weighted by Gasteiger charge is 2.33. The predicted octanol–water partition coefficient (Wildman–Crippen LogP) is 6.18. The zero-order valence-electron chi connectivity index (χ0n) is 19.4. The van der Waals surface area contributed by atoms with E-state index in [1.165, 1.54) is 11.8 Å². The monoisotopic (exact) mass is 508 g/mol. The summed E-state index contributed by atoms with van der Waals surface area (Å²) in [5.74, 6) is 0.810. The van der Waals surface area contributed by atoms with Crippen LogP contribution in [0.5, 0.6) is 11.5 Å². The van der Waals surface area contributed by atoms with E-state index in [0.717, 1.165) is 16.8 Å². The maximum absolute atomic E-state index is 13.2. The minimum Gasteiger partial charge on any atom is -0.493 e. The van der Waals surface area contributed by atoms with Crippen molar-refractivity contribution in [2.75, 3.05) is 27.4 Å². The zero-order chi connectivity index (χ0) is 24.6. The highest BCUT2D eigenvalue weighted by atomic mass is 35.5. The SMILES string of the molecule is COCCN1C(=O)/C(=C\c2cc(Cl)c(OCc3ccccc3)c(OC)c2)SC1=Nc1ccccc1. The Hall–Kier alpha value is -3.26. The van der Waals surface area contributed by atoms with E-state index in [0.29, 0.717) is 46.4 Å². The van der Waals surface area contributed by atoms with E-state index in [-0.39, 0.29) is 5.91 Å². The van der Waals surface area contributed by atoms with Crippen molar-refractivity contribution in [2.45, 2.75) is 6.61 Å². The minimum absolute atomic E-state index is 0.138. The van der Waals surface area contributed by atoms with E-state index in [1.807, 2.05) is 60.7 Å². The number of aliphatic imine (C=N–C) groups is 1. The molecule has 1 amide bonds. The molecule has 0 saturated carbocycles. The number of halogens is 1. The van der Waals surface area contributed by atoms with Crippen molar-refractivity contribution < 1.29 is 19.0 Å². The smallest absolute Gasteiger partial charge is 0.266 e. The first kappa shape index (κ1) is 24.9. The average Bonchev–Trinajstić information content (AvgIpc) is 3.16. The van der Waals surface area contributed by atoms with Crippen molar-refractivity contribution in [2.24, 2.45) is 4.99 Å². The number of ether oxygens (including phenoxy) is 3. The first-order valence-corrected chi connectivity index (χ1v) is 12.2. The summed E-state index contributed by atoms with van der Waals surface area (Å²) >= 11 is 7.87. The summed E-state index contributed by atoms with van der Waals surface area (Å²) in [4.78, 5) is 20.0. The van der Waals surface area contributed by atoms with Crippen molar-refractivity contribution in [1.82, 2.24) is 4.90 Å². The molecule has 1 heterocycles. The molecule has 1 fully saturated rings. The third-order valence-corrected chi connectivity index (χ3v) is 6.45. The predicted molar refractivity (Wildman–Crippen MR) is 141 cm³/mol. The van der Waals surface area contributed by atoms with Crippen LogP contribution >= 0.6 is 23.4 Å². The lowest BCUT2D eigenvalue weighted by Crippen LogP contribution is -2.32. The Morgan fingerprint density at radius 2 is 1.74 bits per heavy atom. The highest BCUT2D eigenvalue weighted by Crippen LogP contribution is 2.39. The van der Waals surface area contributed by atoms with Gasteiger partial charge in [0.2, 0.25) is 0 Å². The van der Waals surface area contributed by atoms with E-state index in [9.17, 15) is 4.79 Å². The number of benzene rings is 3. The summed E-state index contributed by atoms with van der Waals surface area (Å²) in [5.41, 5.74) is 2.52. The maximum Gasteiger partial charge on any atom is 0.266 e. The van der Waals surface area contributed by atoms with E-state index in [1.54, 1.807) is 37.3 Å². The molecule has 0 spiro atoms. The second kappa shape index (κ2) is 11.9. The quantitative estimate of drug-likeness (QED) is 0.323. The van der Waals surface area contributed by atoms with E-state index >= 15 is 0 Å². The molecule has 8 heteroatoms. The Morgan fingerprint density at radius 3 is 2.43 bits per heavy atom. The number of carbonyl (C=O) groups is 1. The molecule has 0 atom stereocenters. The lowest BCUT2D eigenvalue weighted by atomic mass is 10.1. The fraction of sp³-hybridized carbons (Fsp3) is 0.185. The molecule has 3 aromatic carbocycles. The molecule has 0 N–H and O–H groups in total. The van der Waals surface area contributed by atoms with Crippen LogP contribution in [0.1, 0.15) is 11.1 Å². The van der Waals surface area contributed by atoms with Crippen LogP contribution in [0.4, 0.5) is 5.69 Å². The lowest BCUT2D eigenvalue weighted by molar-refractivity contribution is -0.122.